The summed E-state index contributed by atoms with van der Waals surface area (Å²) in [7, 11) is 0. The number of rotatable bonds is 2. The van der Waals surface area contributed by atoms with Gasteiger partial charge in [-0.1, -0.05) is 0 Å². The Labute approximate surface area is 94.3 Å². The number of aryl methyl sites for hydroxylation is 1. The van der Waals surface area contributed by atoms with E-state index in [1.807, 2.05) is 11.5 Å². The zero-order valence-corrected chi connectivity index (χ0v) is 9.44. The smallest absolute Gasteiger partial charge is 0.326 e. The van der Waals surface area contributed by atoms with Crippen molar-refractivity contribution < 1.29 is 9.90 Å². The highest BCUT2D eigenvalue weighted by Gasteiger charge is 2.34. The summed E-state index contributed by atoms with van der Waals surface area (Å²) in [5, 5.41) is 9.22. The van der Waals surface area contributed by atoms with Crippen LogP contribution in [0.1, 0.15) is 54.9 Å². The van der Waals surface area contributed by atoms with Gasteiger partial charge in [0.1, 0.15) is 11.9 Å². The molecule has 3 rings (SSSR count). The lowest BCUT2D eigenvalue weighted by Crippen LogP contribution is -2.25. The zero-order chi connectivity index (χ0) is 11.3. The van der Waals surface area contributed by atoms with Crippen LogP contribution in [0.3, 0.4) is 0 Å². The lowest BCUT2D eigenvalue weighted by Gasteiger charge is -2.22. The first-order valence-electron chi connectivity index (χ1n) is 5.99. The Balaban J connectivity index is 2.08. The SMILES string of the molecule is Cc1c(C2CC2)nc2n1C(C(=O)O)CCC2. The van der Waals surface area contributed by atoms with Crippen molar-refractivity contribution >= 4 is 5.97 Å². The van der Waals surface area contributed by atoms with E-state index in [0.29, 0.717) is 5.92 Å². The molecule has 86 valence electrons. The molecule has 1 aliphatic heterocycles. The number of imidazole rings is 1. The largest absolute Gasteiger partial charge is 0.480 e. The van der Waals surface area contributed by atoms with Gasteiger partial charge in [-0.25, -0.2) is 9.78 Å². The highest BCUT2D eigenvalue weighted by Crippen LogP contribution is 2.42. The molecule has 4 nitrogen and oxygen atoms in total. The van der Waals surface area contributed by atoms with E-state index in [9.17, 15) is 9.90 Å². The highest BCUT2D eigenvalue weighted by molar-refractivity contribution is 5.72. The van der Waals surface area contributed by atoms with Gasteiger partial charge in [0.15, 0.2) is 0 Å². The van der Waals surface area contributed by atoms with Crippen molar-refractivity contribution in [3.63, 3.8) is 0 Å². The number of nitrogens with zero attached hydrogens (tertiary/aromatic N) is 2. The topological polar surface area (TPSA) is 55.1 Å². The normalized spacial score (nSPS) is 24.2. The lowest BCUT2D eigenvalue weighted by molar-refractivity contribution is -0.141. The molecular weight excluding hydrogens is 204 g/mol. The summed E-state index contributed by atoms with van der Waals surface area (Å²) >= 11 is 0. The van der Waals surface area contributed by atoms with E-state index in [1.165, 1.54) is 12.8 Å². The maximum Gasteiger partial charge on any atom is 0.326 e. The second-order valence-corrected chi connectivity index (χ2v) is 4.89. The summed E-state index contributed by atoms with van der Waals surface area (Å²) in [5.74, 6) is 0.870. The Kier molecular flexibility index (Phi) is 2.06. The Morgan fingerprint density at radius 3 is 2.81 bits per heavy atom. The van der Waals surface area contributed by atoms with Crippen LogP contribution in [-0.4, -0.2) is 20.6 Å². The molecule has 0 radical (unpaired) electrons. The molecule has 0 spiro atoms. The van der Waals surface area contributed by atoms with Gasteiger partial charge < -0.3 is 9.67 Å². The van der Waals surface area contributed by atoms with Crippen LogP contribution in [-0.2, 0) is 11.2 Å². The summed E-state index contributed by atoms with van der Waals surface area (Å²) in [6, 6.07) is -0.385. The predicted octanol–water partition coefficient (Wildman–Crippen LogP) is 2.03. The lowest BCUT2D eigenvalue weighted by atomic mass is 10.0. The molecule has 0 amide bonds. The Bertz CT molecular complexity index is 446. The predicted molar refractivity (Wildman–Crippen MR) is 58.5 cm³/mol. The van der Waals surface area contributed by atoms with E-state index in [-0.39, 0.29) is 6.04 Å². The summed E-state index contributed by atoms with van der Waals surface area (Å²) in [6.07, 6.45) is 5.04. The van der Waals surface area contributed by atoms with Crippen LogP contribution < -0.4 is 0 Å². The van der Waals surface area contributed by atoms with Crippen molar-refractivity contribution in [2.45, 2.75) is 51.0 Å². The Hall–Kier alpha value is -1.32. The molecule has 1 saturated carbocycles. The number of hydrogen-bond acceptors (Lipinski definition) is 2. The minimum absolute atomic E-state index is 0.385. The monoisotopic (exact) mass is 220 g/mol. The van der Waals surface area contributed by atoms with E-state index >= 15 is 0 Å². The van der Waals surface area contributed by atoms with E-state index < -0.39 is 5.97 Å². The number of aromatic nitrogens is 2. The van der Waals surface area contributed by atoms with E-state index in [2.05, 4.69) is 4.98 Å². The average Bonchev–Trinajstić information content (AvgIpc) is 3.04. The minimum Gasteiger partial charge on any atom is -0.480 e. The third-order valence-corrected chi connectivity index (χ3v) is 3.70. The molecule has 2 heterocycles. The highest BCUT2D eigenvalue weighted by atomic mass is 16.4. The summed E-state index contributed by atoms with van der Waals surface area (Å²) < 4.78 is 1.96. The fourth-order valence-corrected chi connectivity index (χ4v) is 2.74. The van der Waals surface area contributed by atoms with Crippen molar-refractivity contribution in [3.8, 4) is 0 Å². The van der Waals surface area contributed by atoms with Crippen LogP contribution in [0.2, 0.25) is 0 Å². The maximum absolute atomic E-state index is 11.2. The number of carbonyl (C=O) groups is 1. The van der Waals surface area contributed by atoms with Gasteiger partial charge in [-0.3, -0.25) is 0 Å². The van der Waals surface area contributed by atoms with Crippen molar-refractivity contribution in [2.24, 2.45) is 0 Å². The van der Waals surface area contributed by atoms with Crippen LogP contribution in [0, 0.1) is 6.92 Å². The van der Waals surface area contributed by atoms with Crippen molar-refractivity contribution in [1.29, 1.82) is 0 Å². The molecule has 1 unspecified atom stereocenters. The average molecular weight is 220 g/mol. The molecule has 1 aromatic heterocycles. The second kappa shape index (κ2) is 3.34. The molecule has 2 aliphatic rings. The first kappa shape index (κ1) is 9.87. The van der Waals surface area contributed by atoms with E-state index in [0.717, 1.165) is 36.5 Å². The van der Waals surface area contributed by atoms with Gasteiger partial charge in [0, 0.05) is 18.0 Å². The summed E-state index contributed by atoms with van der Waals surface area (Å²) in [6.45, 7) is 2.02. The molecular formula is C12H16N2O2. The summed E-state index contributed by atoms with van der Waals surface area (Å²) in [5.41, 5.74) is 2.24. The molecule has 16 heavy (non-hydrogen) atoms. The molecule has 0 bridgehead atoms. The number of fused-ring (bicyclic) bond motifs is 1. The van der Waals surface area contributed by atoms with Crippen LogP contribution >= 0.6 is 0 Å². The first-order valence-corrected chi connectivity index (χ1v) is 5.99. The molecule has 4 heteroatoms. The van der Waals surface area contributed by atoms with E-state index in [4.69, 9.17) is 0 Å². The van der Waals surface area contributed by atoms with Gasteiger partial charge in [0.05, 0.1) is 5.69 Å². The van der Waals surface area contributed by atoms with Gasteiger partial charge >= 0.3 is 5.97 Å². The van der Waals surface area contributed by atoms with Crippen molar-refractivity contribution in [1.82, 2.24) is 9.55 Å². The van der Waals surface area contributed by atoms with Crippen LogP contribution in [0.15, 0.2) is 0 Å². The zero-order valence-electron chi connectivity index (χ0n) is 9.44. The first-order chi connectivity index (χ1) is 7.68. The fraction of sp³-hybridized carbons (Fsp3) is 0.667. The van der Waals surface area contributed by atoms with Crippen LogP contribution in [0.5, 0.6) is 0 Å². The van der Waals surface area contributed by atoms with Crippen LogP contribution in [0.4, 0.5) is 0 Å². The third kappa shape index (κ3) is 1.36. The van der Waals surface area contributed by atoms with Crippen molar-refractivity contribution in [2.75, 3.05) is 0 Å². The molecule has 1 aliphatic carbocycles. The van der Waals surface area contributed by atoms with Crippen molar-refractivity contribution in [3.05, 3.63) is 17.2 Å². The molecule has 1 atom stereocenters. The van der Waals surface area contributed by atoms with Gasteiger partial charge in [0.25, 0.3) is 0 Å². The second-order valence-electron chi connectivity index (χ2n) is 4.89. The fourth-order valence-electron chi connectivity index (χ4n) is 2.74. The van der Waals surface area contributed by atoms with Gasteiger partial charge in [-0.2, -0.15) is 0 Å². The molecule has 0 saturated heterocycles. The number of hydrogen-bond donors (Lipinski definition) is 1. The standard InChI is InChI=1S/C12H16N2O2/c1-7-11(8-5-6-8)13-10-4-2-3-9(12(15)16)14(7)10/h8-9H,2-6H2,1H3,(H,15,16). The quantitative estimate of drug-likeness (QED) is 0.829. The van der Waals surface area contributed by atoms with Gasteiger partial charge in [-0.05, 0) is 32.6 Å². The third-order valence-electron chi connectivity index (χ3n) is 3.70. The number of aliphatic carboxylic acids is 1. The molecule has 1 aromatic rings. The maximum atomic E-state index is 11.2. The Morgan fingerprint density at radius 2 is 2.19 bits per heavy atom. The molecule has 1 fully saturated rings. The minimum atomic E-state index is -0.719. The van der Waals surface area contributed by atoms with E-state index in [1.54, 1.807) is 0 Å². The van der Waals surface area contributed by atoms with Crippen LogP contribution in [0.25, 0.3) is 0 Å². The number of carboxylic acid groups (broad SMARTS) is 1. The molecule has 1 N–H and O–H groups in total. The van der Waals surface area contributed by atoms with Gasteiger partial charge in [0.2, 0.25) is 0 Å². The van der Waals surface area contributed by atoms with Gasteiger partial charge in [-0.15, -0.1) is 0 Å². The number of carboxylic acids is 1. The molecule has 0 aromatic carbocycles. The summed E-state index contributed by atoms with van der Waals surface area (Å²) in [4.78, 5) is 15.9. The Morgan fingerprint density at radius 1 is 1.44 bits per heavy atom.